The minimum absolute atomic E-state index is 0.558. The SMILES string of the molecule is c1ccc(-c2nc(-c3ccc4c(c3)oc3c(-c5ccccc5-n5c6ccccc6c6ccccc65)cccc34)nc(-c3cccc4oc5ccccc5c34)n2)cc1. The molecular weight excluding hydrogens is 701 g/mol. The van der Waals surface area contributed by atoms with Crippen molar-refractivity contribution in [1.29, 1.82) is 0 Å². The van der Waals surface area contributed by atoms with Crippen molar-refractivity contribution in [2.75, 3.05) is 0 Å². The van der Waals surface area contributed by atoms with Crippen LogP contribution in [-0.2, 0) is 0 Å². The van der Waals surface area contributed by atoms with Crippen molar-refractivity contribution in [2.24, 2.45) is 0 Å². The first-order valence-corrected chi connectivity index (χ1v) is 19.0. The molecule has 12 rings (SSSR count). The van der Waals surface area contributed by atoms with Crippen molar-refractivity contribution in [3.05, 3.63) is 182 Å². The zero-order valence-corrected chi connectivity index (χ0v) is 30.4. The third-order valence-corrected chi connectivity index (χ3v) is 11.1. The monoisotopic (exact) mass is 730 g/mol. The molecule has 0 radical (unpaired) electrons. The Balaban J connectivity index is 1.04. The molecule has 0 aliphatic rings. The number of para-hydroxylation sites is 5. The molecule has 0 amide bonds. The van der Waals surface area contributed by atoms with Gasteiger partial charge in [0.05, 0.1) is 16.7 Å². The molecule has 8 aromatic carbocycles. The Labute approximate surface area is 325 Å². The molecule has 0 N–H and O–H groups in total. The molecular formula is C51H30N4O2. The van der Waals surface area contributed by atoms with E-state index in [1.807, 2.05) is 60.7 Å². The van der Waals surface area contributed by atoms with Gasteiger partial charge in [0.15, 0.2) is 17.5 Å². The zero-order chi connectivity index (χ0) is 37.5. The normalized spacial score (nSPS) is 11.9. The molecule has 0 fully saturated rings. The van der Waals surface area contributed by atoms with E-state index in [0.717, 1.165) is 88.4 Å². The first-order chi connectivity index (χ1) is 28.3. The summed E-state index contributed by atoms with van der Waals surface area (Å²) in [4.78, 5) is 15.3. The first kappa shape index (κ1) is 31.5. The van der Waals surface area contributed by atoms with Gasteiger partial charge in [-0.25, -0.2) is 15.0 Å². The van der Waals surface area contributed by atoms with Crippen molar-refractivity contribution in [1.82, 2.24) is 19.5 Å². The van der Waals surface area contributed by atoms with Gasteiger partial charge in [-0.2, -0.15) is 0 Å². The Morgan fingerprint density at radius 3 is 1.77 bits per heavy atom. The average molecular weight is 731 g/mol. The Bertz CT molecular complexity index is 3490. The largest absolute Gasteiger partial charge is 0.456 e. The molecule has 0 atom stereocenters. The lowest BCUT2D eigenvalue weighted by molar-refractivity contribution is 0.669. The van der Waals surface area contributed by atoms with Gasteiger partial charge in [-0.15, -0.1) is 0 Å². The summed E-state index contributed by atoms with van der Waals surface area (Å²) in [6.07, 6.45) is 0. The summed E-state index contributed by atoms with van der Waals surface area (Å²) in [6, 6.07) is 62.7. The quantitative estimate of drug-likeness (QED) is 0.176. The first-order valence-electron chi connectivity index (χ1n) is 19.0. The average Bonchev–Trinajstić information content (AvgIpc) is 3.96. The smallest absolute Gasteiger partial charge is 0.164 e. The molecule has 6 nitrogen and oxygen atoms in total. The second-order valence-electron chi connectivity index (χ2n) is 14.3. The predicted molar refractivity (Wildman–Crippen MR) is 230 cm³/mol. The number of aromatic nitrogens is 4. The van der Waals surface area contributed by atoms with Gasteiger partial charge in [0, 0.05) is 60.1 Å². The summed E-state index contributed by atoms with van der Waals surface area (Å²) >= 11 is 0. The van der Waals surface area contributed by atoms with E-state index >= 15 is 0 Å². The summed E-state index contributed by atoms with van der Waals surface area (Å²) in [7, 11) is 0. The summed E-state index contributed by atoms with van der Waals surface area (Å²) in [6.45, 7) is 0. The fraction of sp³-hybridized carbons (Fsp3) is 0. The maximum Gasteiger partial charge on any atom is 0.164 e. The summed E-state index contributed by atoms with van der Waals surface area (Å²) < 4.78 is 15.5. The molecule has 0 bridgehead atoms. The van der Waals surface area contributed by atoms with Gasteiger partial charge in [-0.05, 0) is 42.5 Å². The standard InChI is InChI=1S/C51H30N4O2/c1-2-14-31(15-3-1)49-52-50(54-51(53-49)40-22-13-27-45-47(40)39-19-7-11-26-44(39)56-45)32-28-29-36-38-21-12-20-37(48(38)57-46(36)30-32)35-18-6-10-25-43(35)55-41-23-8-4-16-33(41)34-17-5-9-24-42(34)55/h1-30H. The molecule has 12 aromatic rings. The highest BCUT2D eigenvalue weighted by Gasteiger charge is 2.21. The summed E-state index contributed by atoms with van der Waals surface area (Å²) in [5.41, 5.74) is 11.4. The number of hydrogen-bond acceptors (Lipinski definition) is 5. The van der Waals surface area contributed by atoms with Gasteiger partial charge in [-0.3, -0.25) is 0 Å². The van der Waals surface area contributed by atoms with E-state index in [1.54, 1.807) is 0 Å². The van der Waals surface area contributed by atoms with Crippen LogP contribution in [0.4, 0.5) is 0 Å². The number of fused-ring (bicyclic) bond motifs is 9. The molecule has 0 aliphatic heterocycles. The molecule has 266 valence electrons. The number of furan rings is 2. The van der Waals surface area contributed by atoms with E-state index in [1.165, 1.54) is 10.8 Å². The number of nitrogens with zero attached hydrogens (tertiary/aromatic N) is 4. The Kier molecular flexibility index (Phi) is 6.83. The van der Waals surface area contributed by atoms with Gasteiger partial charge in [0.25, 0.3) is 0 Å². The van der Waals surface area contributed by atoms with Gasteiger partial charge >= 0.3 is 0 Å². The molecule has 6 heteroatoms. The third kappa shape index (κ3) is 4.87. The van der Waals surface area contributed by atoms with Gasteiger partial charge in [0.2, 0.25) is 0 Å². The summed E-state index contributed by atoms with van der Waals surface area (Å²) in [5.74, 6) is 1.72. The number of benzene rings is 8. The van der Waals surface area contributed by atoms with Crippen LogP contribution in [0, 0.1) is 0 Å². The third-order valence-electron chi connectivity index (χ3n) is 11.1. The Hall–Kier alpha value is -7.83. The maximum absolute atomic E-state index is 6.88. The lowest BCUT2D eigenvalue weighted by atomic mass is 10.00. The van der Waals surface area contributed by atoms with Crippen LogP contribution in [0.15, 0.2) is 191 Å². The lowest BCUT2D eigenvalue weighted by Crippen LogP contribution is -2.00. The highest BCUT2D eigenvalue weighted by Crippen LogP contribution is 2.42. The second-order valence-corrected chi connectivity index (χ2v) is 14.3. The number of rotatable bonds is 5. The summed E-state index contributed by atoms with van der Waals surface area (Å²) in [5, 5.41) is 6.52. The van der Waals surface area contributed by atoms with Crippen LogP contribution in [0.25, 0.3) is 117 Å². The van der Waals surface area contributed by atoms with Crippen LogP contribution in [0.5, 0.6) is 0 Å². The zero-order valence-electron chi connectivity index (χ0n) is 30.4. The van der Waals surface area contributed by atoms with Crippen LogP contribution < -0.4 is 0 Å². The van der Waals surface area contributed by atoms with Crippen LogP contribution in [0.1, 0.15) is 0 Å². The fourth-order valence-electron chi connectivity index (χ4n) is 8.53. The molecule has 57 heavy (non-hydrogen) atoms. The molecule has 0 saturated carbocycles. The van der Waals surface area contributed by atoms with Gasteiger partial charge in [-0.1, -0.05) is 140 Å². The molecule has 0 saturated heterocycles. The van der Waals surface area contributed by atoms with E-state index < -0.39 is 0 Å². The lowest BCUT2D eigenvalue weighted by Gasteiger charge is -2.14. The fourth-order valence-corrected chi connectivity index (χ4v) is 8.53. The molecule has 0 unspecified atom stereocenters. The Morgan fingerprint density at radius 1 is 0.351 bits per heavy atom. The number of hydrogen-bond donors (Lipinski definition) is 0. The van der Waals surface area contributed by atoms with Crippen molar-refractivity contribution < 1.29 is 8.83 Å². The van der Waals surface area contributed by atoms with E-state index in [4.69, 9.17) is 23.8 Å². The van der Waals surface area contributed by atoms with Crippen molar-refractivity contribution in [3.63, 3.8) is 0 Å². The van der Waals surface area contributed by atoms with Gasteiger partial charge in [0.1, 0.15) is 22.3 Å². The highest BCUT2D eigenvalue weighted by molar-refractivity contribution is 6.14. The Morgan fingerprint density at radius 2 is 0.947 bits per heavy atom. The van der Waals surface area contributed by atoms with E-state index in [9.17, 15) is 0 Å². The van der Waals surface area contributed by atoms with Crippen molar-refractivity contribution in [3.8, 4) is 51.0 Å². The van der Waals surface area contributed by atoms with Crippen molar-refractivity contribution >= 4 is 65.7 Å². The second kappa shape index (κ2) is 12.3. The van der Waals surface area contributed by atoms with E-state index in [2.05, 4.69) is 126 Å². The predicted octanol–water partition coefficient (Wildman–Crippen LogP) is 13.4. The molecule has 4 aromatic heterocycles. The molecule has 4 heterocycles. The maximum atomic E-state index is 6.88. The van der Waals surface area contributed by atoms with Crippen LogP contribution in [0.3, 0.4) is 0 Å². The molecule has 0 aliphatic carbocycles. The van der Waals surface area contributed by atoms with Crippen LogP contribution in [-0.4, -0.2) is 19.5 Å². The van der Waals surface area contributed by atoms with Crippen molar-refractivity contribution in [2.45, 2.75) is 0 Å². The highest BCUT2D eigenvalue weighted by atomic mass is 16.3. The molecule has 0 spiro atoms. The minimum Gasteiger partial charge on any atom is -0.456 e. The van der Waals surface area contributed by atoms with Gasteiger partial charge < -0.3 is 13.4 Å². The van der Waals surface area contributed by atoms with E-state index in [0.29, 0.717) is 17.5 Å². The minimum atomic E-state index is 0.558. The topological polar surface area (TPSA) is 69.9 Å². The van der Waals surface area contributed by atoms with Crippen LogP contribution in [0.2, 0.25) is 0 Å². The van der Waals surface area contributed by atoms with E-state index in [-0.39, 0.29) is 0 Å². The van der Waals surface area contributed by atoms with Crippen LogP contribution >= 0.6 is 0 Å².